The average Bonchev–Trinajstić information content (AvgIpc) is 2.36. The Bertz CT molecular complexity index is 631. The Morgan fingerprint density at radius 3 is 2.29 bits per heavy atom. The fourth-order valence-electron chi connectivity index (χ4n) is 2.47. The lowest BCUT2D eigenvalue weighted by Gasteiger charge is -2.20. The molecule has 21 heavy (non-hydrogen) atoms. The molecule has 1 aliphatic heterocycles. The van der Waals surface area contributed by atoms with E-state index in [4.69, 9.17) is 0 Å². The average molecular weight is 298 g/mol. The summed E-state index contributed by atoms with van der Waals surface area (Å²) in [6, 6.07) is 4.48. The van der Waals surface area contributed by atoms with E-state index in [-0.39, 0.29) is 5.70 Å². The second kappa shape index (κ2) is 5.31. The number of nitro groups is 1. The number of allylic oxidation sites excluding steroid dienone is 2. The first-order valence-corrected chi connectivity index (χ1v) is 6.26. The molecule has 0 bridgehead atoms. The standard InChI is InChI=1S/C14H13F3N2O2/c1-8-7-12(13(19(20)21)9(2)18-8)10-3-5-11(6-4-10)14(15,16)17/h3-6,12H,7H2,1-2H3. The maximum absolute atomic E-state index is 12.6. The van der Waals surface area contributed by atoms with Crippen LogP contribution in [0.25, 0.3) is 0 Å². The largest absolute Gasteiger partial charge is 0.416 e. The monoisotopic (exact) mass is 298 g/mol. The summed E-state index contributed by atoms with van der Waals surface area (Å²) in [5.74, 6) is -0.570. The third-order valence-corrected chi connectivity index (χ3v) is 3.40. The molecule has 1 aliphatic rings. The topological polar surface area (TPSA) is 55.5 Å². The van der Waals surface area contributed by atoms with Gasteiger partial charge in [-0.2, -0.15) is 13.2 Å². The molecule has 1 aromatic rings. The predicted octanol–water partition coefficient (Wildman–Crippen LogP) is 4.16. The molecular formula is C14H13F3N2O2. The fraction of sp³-hybridized carbons (Fsp3) is 0.357. The van der Waals surface area contributed by atoms with Crippen molar-refractivity contribution < 1.29 is 18.1 Å². The highest BCUT2D eigenvalue weighted by atomic mass is 19.4. The van der Waals surface area contributed by atoms with E-state index in [2.05, 4.69) is 4.99 Å². The Morgan fingerprint density at radius 1 is 1.24 bits per heavy atom. The Labute approximate surface area is 119 Å². The molecule has 0 aliphatic carbocycles. The predicted molar refractivity (Wildman–Crippen MR) is 71.6 cm³/mol. The minimum atomic E-state index is -4.42. The first-order valence-electron chi connectivity index (χ1n) is 6.26. The van der Waals surface area contributed by atoms with Crippen LogP contribution in [-0.2, 0) is 6.18 Å². The van der Waals surface area contributed by atoms with Crippen LogP contribution in [0.2, 0.25) is 0 Å². The smallest absolute Gasteiger partial charge is 0.259 e. The minimum absolute atomic E-state index is 0.0552. The van der Waals surface area contributed by atoms with Crippen molar-refractivity contribution >= 4 is 5.71 Å². The van der Waals surface area contributed by atoms with E-state index in [1.807, 2.05) is 0 Å². The van der Waals surface area contributed by atoms with E-state index in [1.165, 1.54) is 19.1 Å². The zero-order valence-corrected chi connectivity index (χ0v) is 11.4. The lowest BCUT2D eigenvalue weighted by Crippen LogP contribution is -2.19. The summed E-state index contributed by atoms with van der Waals surface area (Å²) >= 11 is 0. The number of halogens is 3. The van der Waals surface area contributed by atoms with Gasteiger partial charge in [-0.05, 0) is 31.5 Å². The fourth-order valence-corrected chi connectivity index (χ4v) is 2.47. The van der Waals surface area contributed by atoms with E-state index < -0.39 is 22.6 Å². The molecule has 0 saturated carbocycles. The number of hydrogen-bond donors (Lipinski definition) is 0. The Kier molecular flexibility index (Phi) is 3.85. The number of hydrogen-bond acceptors (Lipinski definition) is 3. The molecule has 0 radical (unpaired) electrons. The number of alkyl halides is 3. The van der Waals surface area contributed by atoms with E-state index in [9.17, 15) is 23.3 Å². The summed E-state index contributed by atoms with van der Waals surface area (Å²) in [6.45, 7) is 3.29. The van der Waals surface area contributed by atoms with Crippen molar-refractivity contribution in [3.8, 4) is 0 Å². The van der Waals surface area contributed by atoms with Crippen LogP contribution in [-0.4, -0.2) is 10.6 Å². The molecule has 1 heterocycles. The highest BCUT2D eigenvalue weighted by Gasteiger charge is 2.34. The second-order valence-corrected chi connectivity index (χ2v) is 4.95. The van der Waals surface area contributed by atoms with E-state index in [1.54, 1.807) is 6.92 Å². The molecular weight excluding hydrogens is 285 g/mol. The first kappa shape index (κ1) is 15.2. The van der Waals surface area contributed by atoms with E-state index in [0.29, 0.717) is 17.7 Å². The molecule has 1 unspecified atom stereocenters. The lowest BCUT2D eigenvalue weighted by molar-refractivity contribution is -0.431. The zero-order chi connectivity index (χ0) is 15.8. The highest BCUT2D eigenvalue weighted by Crippen LogP contribution is 2.36. The van der Waals surface area contributed by atoms with Gasteiger partial charge in [-0.1, -0.05) is 12.1 Å². The molecule has 0 saturated heterocycles. The van der Waals surface area contributed by atoms with Crippen LogP contribution in [0.1, 0.15) is 37.3 Å². The number of nitrogens with zero attached hydrogens (tertiary/aromatic N) is 2. The molecule has 0 aromatic heterocycles. The van der Waals surface area contributed by atoms with Crippen molar-refractivity contribution in [3.05, 3.63) is 56.9 Å². The molecule has 112 valence electrons. The third-order valence-electron chi connectivity index (χ3n) is 3.40. The molecule has 1 atom stereocenters. The van der Waals surface area contributed by atoms with Gasteiger partial charge < -0.3 is 0 Å². The van der Waals surface area contributed by atoms with Crippen molar-refractivity contribution in [1.29, 1.82) is 0 Å². The van der Waals surface area contributed by atoms with Gasteiger partial charge in [-0.25, -0.2) is 0 Å². The maximum atomic E-state index is 12.6. The maximum Gasteiger partial charge on any atom is 0.416 e. The van der Waals surface area contributed by atoms with Gasteiger partial charge in [0.2, 0.25) is 0 Å². The summed E-state index contributed by atoms with van der Waals surface area (Å²) in [5.41, 5.74) is 0.691. The Morgan fingerprint density at radius 2 is 1.81 bits per heavy atom. The van der Waals surface area contributed by atoms with Crippen molar-refractivity contribution in [2.24, 2.45) is 4.99 Å². The van der Waals surface area contributed by atoms with Crippen LogP contribution in [0.15, 0.2) is 40.7 Å². The van der Waals surface area contributed by atoms with Gasteiger partial charge in [0.25, 0.3) is 5.70 Å². The molecule has 0 N–H and O–H groups in total. The van der Waals surface area contributed by atoms with Gasteiger partial charge in [0.05, 0.1) is 16.4 Å². The van der Waals surface area contributed by atoms with E-state index >= 15 is 0 Å². The quantitative estimate of drug-likeness (QED) is 0.608. The van der Waals surface area contributed by atoms with Crippen molar-refractivity contribution in [1.82, 2.24) is 0 Å². The summed E-state index contributed by atoms with van der Waals surface area (Å²) in [6.07, 6.45) is -4.08. The number of aliphatic imine (C=N–C) groups is 1. The molecule has 0 fully saturated rings. The molecule has 1 aromatic carbocycles. The Hall–Kier alpha value is -2.18. The van der Waals surface area contributed by atoms with Crippen LogP contribution in [0, 0.1) is 10.1 Å². The van der Waals surface area contributed by atoms with Crippen LogP contribution in [0.4, 0.5) is 13.2 Å². The molecule has 0 spiro atoms. The lowest BCUT2D eigenvalue weighted by atomic mass is 9.87. The van der Waals surface area contributed by atoms with E-state index in [0.717, 1.165) is 17.8 Å². The second-order valence-electron chi connectivity index (χ2n) is 4.95. The summed E-state index contributed by atoms with van der Waals surface area (Å²) in [7, 11) is 0. The van der Waals surface area contributed by atoms with Crippen molar-refractivity contribution in [2.75, 3.05) is 0 Å². The van der Waals surface area contributed by atoms with Crippen LogP contribution in [0.5, 0.6) is 0 Å². The van der Waals surface area contributed by atoms with Gasteiger partial charge in [0.15, 0.2) is 0 Å². The summed E-state index contributed by atoms with van der Waals surface area (Å²) in [5, 5.41) is 11.2. The van der Waals surface area contributed by atoms with Crippen LogP contribution in [0.3, 0.4) is 0 Å². The van der Waals surface area contributed by atoms with Gasteiger partial charge in [-0.3, -0.25) is 15.1 Å². The van der Waals surface area contributed by atoms with Gasteiger partial charge in [0, 0.05) is 12.1 Å². The van der Waals surface area contributed by atoms with Crippen LogP contribution < -0.4 is 0 Å². The number of rotatable bonds is 2. The first-order chi connectivity index (χ1) is 9.70. The van der Waals surface area contributed by atoms with Gasteiger partial charge in [0.1, 0.15) is 5.70 Å². The molecule has 7 heteroatoms. The normalized spacial score (nSPS) is 19.5. The third kappa shape index (κ3) is 3.12. The molecule has 0 amide bonds. The zero-order valence-electron chi connectivity index (χ0n) is 11.4. The van der Waals surface area contributed by atoms with Crippen molar-refractivity contribution in [3.63, 3.8) is 0 Å². The summed E-state index contributed by atoms with van der Waals surface area (Å²) < 4.78 is 37.7. The number of benzene rings is 1. The highest BCUT2D eigenvalue weighted by molar-refractivity contribution is 5.85. The Balaban J connectivity index is 2.42. The van der Waals surface area contributed by atoms with Crippen molar-refractivity contribution in [2.45, 2.75) is 32.4 Å². The van der Waals surface area contributed by atoms with Gasteiger partial charge >= 0.3 is 6.18 Å². The SMILES string of the molecule is CC1=NC(C)=C([N+](=O)[O-])C(c2ccc(C(F)(F)F)cc2)C1. The molecule has 2 rings (SSSR count). The minimum Gasteiger partial charge on any atom is -0.259 e. The molecule has 4 nitrogen and oxygen atoms in total. The van der Waals surface area contributed by atoms with Gasteiger partial charge in [-0.15, -0.1) is 0 Å². The summed E-state index contributed by atoms with van der Waals surface area (Å²) in [4.78, 5) is 14.8. The van der Waals surface area contributed by atoms with Crippen LogP contribution >= 0.6 is 0 Å².